The van der Waals surface area contributed by atoms with Crippen LogP contribution >= 0.6 is 15.9 Å². The first-order chi connectivity index (χ1) is 11.5. The maximum absolute atomic E-state index is 11.9. The summed E-state index contributed by atoms with van der Waals surface area (Å²) in [4.78, 5) is 22.9. The lowest BCUT2D eigenvalue weighted by Crippen LogP contribution is -2.06. The smallest absolute Gasteiger partial charge is 0.336 e. The Labute approximate surface area is 148 Å². The number of halogens is 1. The van der Waals surface area contributed by atoms with Crippen molar-refractivity contribution >= 4 is 39.6 Å². The zero-order valence-electron chi connectivity index (χ0n) is 13.2. The molecule has 0 radical (unpaired) electrons. The SMILES string of the molecule is COc1ccc(Br)cc1/C=C/C(=O)Oc1ccc(NC(C)=O)cc1. The van der Waals surface area contributed by atoms with E-state index in [0.717, 1.165) is 10.0 Å². The molecule has 1 amide bonds. The Kier molecular flexibility index (Phi) is 6.14. The molecule has 0 bridgehead atoms. The third-order valence-corrected chi connectivity index (χ3v) is 3.48. The maximum Gasteiger partial charge on any atom is 0.336 e. The average Bonchev–Trinajstić information content (AvgIpc) is 2.54. The van der Waals surface area contributed by atoms with Crippen molar-refractivity contribution < 1.29 is 19.1 Å². The van der Waals surface area contributed by atoms with Gasteiger partial charge in [0, 0.05) is 28.7 Å². The number of carbonyl (C=O) groups excluding carboxylic acids is 2. The molecule has 1 N–H and O–H groups in total. The molecule has 0 atom stereocenters. The summed E-state index contributed by atoms with van der Waals surface area (Å²) in [6.45, 7) is 1.43. The van der Waals surface area contributed by atoms with Crippen LogP contribution in [0.1, 0.15) is 12.5 Å². The number of benzene rings is 2. The number of rotatable bonds is 5. The molecule has 0 saturated heterocycles. The van der Waals surface area contributed by atoms with Crippen molar-refractivity contribution in [2.45, 2.75) is 6.92 Å². The number of esters is 1. The zero-order valence-corrected chi connectivity index (χ0v) is 14.8. The van der Waals surface area contributed by atoms with Crippen molar-refractivity contribution in [3.8, 4) is 11.5 Å². The van der Waals surface area contributed by atoms with Gasteiger partial charge in [0.1, 0.15) is 11.5 Å². The molecule has 2 rings (SSSR count). The number of hydrogen-bond acceptors (Lipinski definition) is 4. The zero-order chi connectivity index (χ0) is 17.5. The van der Waals surface area contributed by atoms with Gasteiger partial charge >= 0.3 is 5.97 Å². The van der Waals surface area contributed by atoms with Crippen molar-refractivity contribution in [3.05, 3.63) is 58.6 Å². The highest BCUT2D eigenvalue weighted by atomic mass is 79.9. The highest BCUT2D eigenvalue weighted by Gasteiger charge is 2.04. The monoisotopic (exact) mass is 389 g/mol. The molecular weight excluding hydrogens is 374 g/mol. The van der Waals surface area contributed by atoms with E-state index in [1.54, 1.807) is 43.5 Å². The van der Waals surface area contributed by atoms with Crippen molar-refractivity contribution in [2.24, 2.45) is 0 Å². The van der Waals surface area contributed by atoms with E-state index in [0.29, 0.717) is 17.2 Å². The van der Waals surface area contributed by atoms with Crippen LogP contribution in [0.3, 0.4) is 0 Å². The summed E-state index contributed by atoms with van der Waals surface area (Å²) in [7, 11) is 1.57. The molecule has 24 heavy (non-hydrogen) atoms. The first-order valence-electron chi connectivity index (χ1n) is 7.09. The summed E-state index contributed by atoms with van der Waals surface area (Å²) >= 11 is 3.37. The Balaban J connectivity index is 2.02. The average molecular weight is 390 g/mol. The molecule has 0 aliphatic heterocycles. The van der Waals surface area contributed by atoms with Crippen LogP contribution in [0.4, 0.5) is 5.69 Å². The summed E-state index contributed by atoms with van der Waals surface area (Å²) in [5.74, 6) is 0.372. The van der Waals surface area contributed by atoms with Gasteiger partial charge < -0.3 is 14.8 Å². The lowest BCUT2D eigenvalue weighted by molar-refractivity contribution is -0.128. The van der Waals surface area contributed by atoms with Gasteiger partial charge in [0.15, 0.2) is 0 Å². The molecule has 124 valence electrons. The van der Waals surface area contributed by atoms with Crippen LogP contribution in [-0.4, -0.2) is 19.0 Å². The van der Waals surface area contributed by atoms with Crippen LogP contribution in [-0.2, 0) is 9.59 Å². The summed E-state index contributed by atoms with van der Waals surface area (Å²) in [6.07, 6.45) is 2.95. The summed E-state index contributed by atoms with van der Waals surface area (Å²) in [6, 6.07) is 12.0. The summed E-state index contributed by atoms with van der Waals surface area (Å²) < 4.78 is 11.3. The second-order valence-electron chi connectivity index (χ2n) is 4.85. The van der Waals surface area contributed by atoms with E-state index in [1.807, 2.05) is 12.1 Å². The predicted octanol–water partition coefficient (Wildman–Crippen LogP) is 4.03. The van der Waals surface area contributed by atoms with Crippen LogP contribution in [0.25, 0.3) is 6.08 Å². The first kappa shape index (κ1) is 17.7. The van der Waals surface area contributed by atoms with E-state index in [2.05, 4.69) is 21.2 Å². The fourth-order valence-electron chi connectivity index (χ4n) is 1.95. The Bertz CT molecular complexity index is 769. The van der Waals surface area contributed by atoms with Crippen molar-refractivity contribution in [2.75, 3.05) is 12.4 Å². The van der Waals surface area contributed by atoms with Gasteiger partial charge in [-0.1, -0.05) is 15.9 Å². The van der Waals surface area contributed by atoms with Gasteiger partial charge in [-0.25, -0.2) is 4.79 Å². The van der Waals surface area contributed by atoms with Crippen molar-refractivity contribution in [1.82, 2.24) is 0 Å². The number of hydrogen-bond donors (Lipinski definition) is 1. The van der Waals surface area contributed by atoms with Crippen LogP contribution in [0, 0.1) is 0 Å². The largest absolute Gasteiger partial charge is 0.496 e. The molecule has 0 aliphatic carbocycles. The quantitative estimate of drug-likeness (QED) is 0.476. The van der Waals surface area contributed by atoms with Gasteiger partial charge in [-0.3, -0.25) is 4.79 Å². The number of carbonyl (C=O) groups is 2. The third kappa shape index (κ3) is 5.24. The van der Waals surface area contributed by atoms with Gasteiger partial charge in [0.25, 0.3) is 0 Å². The Hall–Kier alpha value is -2.60. The number of nitrogens with one attached hydrogen (secondary N) is 1. The van der Waals surface area contributed by atoms with Crippen LogP contribution in [0.2, 0.25) is 0 Å². The normalized spacial score (nSPS) is 10.5. The van der Waals surface area contributed by atoms with Crippen LogP contribution in [0.15, 0.2) is 53.0 Å². The highest BCUT2D eigenvalue weighted by Crippen LogP contribution is 2.24. The van der Waals surface area contributed by atoms with E-state index in [1.165, 1.54) is 13.0 Å². The Morgan fingerprint density at radius 2 is 1.83 bits per heavy atom. The highest BCUT2D eigenvalue weighted by molar-refractivity contribution is 9.10. The molecule has 0 heterocycles. The molecule has 0 saturated carbocycles. The van der Waals surface area contributed by atoms with Gasteiger partial charge in [0.05, 0.1) is 7.11 Å². The van der Waals surface area contributed by atoms with Crippen molar-refractivity contribution in [1.29, 1.82) is 0 Å². The Morgan fingerprint density at radius 3 is 2.46 bits per heavy atom. The minimum absolute atomic E-state index is 0.161. The van der Waals surface area contributed by atoms with Gasteiger partial charge in [-0.05, 0) is 48.5 Å². The fraction of sp³-hybridized carbons (Fsp3) is 0.111. The standard InChI is InChI=1S/C18H16BrNO4/c1-12(21)20-15-5-7-16(8-6-15)24-18(22)10-3-13-11-14(19)4-9-17(13)23-2/h3-11H,1-2H3,(H,20,21)/b10-3+. The minimum atomic E-state index is -0.510. The van der Waals surface area contributed by atoms with Gasteiger partial charge in [0.2, 0.25) is 5.91 Å². The molecule has 0 unspecified atom stereocenters. The fourth-order valence-corrected chi connectivity index (χ4v) is 2.33. The molecule has 5 nitrogen and oxygen atoms in total. The molecule has 0 aliphatic rings. The molecule has 6 heteroatoms. The number of amides is 1. The van der Waals surface area contributed by atoms with Gasteiger partial charge in [-0.15, -0.1) is 0 Å². The first-order valence-corrected chi connectivity index (χ1v) is 7.88. The second-order valence-corrected chi connectivity index (χ2v) is 5.76. The van der Waals surface area contributed by atoms with Crippen molar-refractivity contribution in [3.63, 3.8) is 0 Å². The van der Waals surface area contributed by atoms with E-state index >= 15 is 0 Å². The van der Waals surface area contributed by atoms with Gasteiger partial charge in [-0.2, -0.15) is 0 Å². The van der Waals surface area contributed by atoms with E-state index in [9.17, 15) is 9.59 Å². The maximum atomic E-state index is 11.9. The molecule has 0 spiro atoms. The number of ether oxygens (including phenoxy) is 2. The van der Waals surface area contributed by atoms with Crippen LogP contribution in [0.5, 0.6) is 11.5 Å². The summed E-state index contributed by atoms with van der Waals surface area (Å²) in [5.41, 5.74) is 1.39. The molecule has 2 aromatic carbocycles. The van der Waals surface area contributed by atoms with E-state index in [-0.39, 0.29) is 5.91 Å². The predicted molar refractivity (Wildman–Crippen MR) is 96.1 cm³/mol. The molecule has 0 aromatic heterocycles. The minimum Gasteiger partial charge on any atom is -0.496 e. The Morgan fingerprint density at radius 1 is 1.12 bits per heavy atom. The number of anilines is 1. The van der Waals surface area contributed by atoms with E-state index in [4.69, 9.17) is 9.47 Å². The number of methoxy groups -OCH3 is 1. The second kappa shape index (κ2) is 8.31. The molecule has 0 fully saturated rings. The lowest BCUT2D eigenvalue weighted by atomic mass is 10.2. The molecule has 2 aromatic rings. The lowest BCUT2D eigenvalue weighted by Gasteiger charge is -2.06. The van der Waals surface area contributed by atoms with Crippen LogP contribution < -0.4 is 14.8 Å². The third-order valence-electron chi connectivity index (χ3n) is 2.98. The molecular formula is C18H16BrNO4. The van der Waals surface area contributed by atoms with E-state index < -0.39 is 5.97 Å². The summed E-state index contributed by atoms with van der Waals surface area (Å²) in [5, 5.41) is 2.64. The topological polar surface area (TPSA) is 64.6 Å².